The molecule has 1 aliphatic rings. The van der Waals surface area contributed by atoms with E-state index >= 15 is 0 Å². The van der Waals surface area contributed by atoms with Crippen LogP contribution in [-0.4, -0.2) is 28.8 Å². The maximum Gasteiger partial charge on any atom is 0.266 e. The van der Waals surface area contributed by atoms with Crippen LogP contribution in [0, 0.1) is 5.82 Å². The van der Waals surface area contributed by atoms with Crippen molar-refractivity contribution in [3.63, 3.8) is 0 Å². The number of rotatable bonds is 6. The van der Waals surface area contributed by atoms with Crippen molar-refractivity contribution in [2.24, 2.45) is 0 Å². The van der Waals surface area contributed by atoms with E-state index in [2.05, 4.69) is 0 Å². The second-order valence-corrected chi connectivity index (χ2v) is 7.96. The summed E-state index contributed by atoms with van der Waals surface area (Å²) in [7, 11) is 1.51. The second-order valence-electron chi connectivity index (χ2n) is 5.88. The normalized spacial score (nSPS) is 15.4. The van der Waals surface area contributed by atoms with Crippen molar-refractivity contribution in [2.45, 2.75) is 13.5 Å². The Labute approximate surface area is 177 Å². The molecule has 1 heterocycles. The van der Waals surface area contributed by atoms with E-state index in [9.17, 15) is 9.18 Å². The van der Waals surface area contributed by atoms with Crippen LogP contribution in [0.2, 0.25) is 5.02 Å². The molecule has 8 heteroatoms. The number of hydrogen-bond donors (Lipinski definition) is 0. The molecule has 0 bridgehead atoms. The predicted octanol–water partition coefficient (Wildman–Crippen LogP) is 5.29. The van der Waals surface area contributed by atoms with Crippen LogP contribution in [0.4, 0.5) is 4.39 Å². The number of thiocarbonyl (C=S) groups is 1. The number of ether oxygens (including phenoxy) is 2. The number of likely N-dealkylation sites (N-methyl/N-ethyl adjacent to an activating group) is 1. The molecule has 1 saturated heterocycles. The average molecular weight is 438 g/mol. The third-order valence-electron chi connectivity index (χ3n) is 4.04. The molecule has 0 N–H and O–H groups in total. The smallest absolute Gasteiger partial charge is 0.266 e. The number of thioether (sulfide) groups is 1. The first kappa shape index (κ1) is 20.6. The minimum atomic E-state index is -0.308. The van der Waals surface area contributed by atoms with Crippen molar-refractivity contribution in [3.8, 4) is 11.5 Å². The van der Waals surface area contributed by atoms with Crippen molar-refractivity contribution in [3.05, 3.63) is 63.3 Å². The third-order valence-corrected chi connectivity index (χ3v) is 5.69. The van der Waals surface area contributed by atoms with Gasteiger partial charge in [0.25, 0.3) is 5.91 Å². The fraction of sp³-hybridized carbons (Fsp3) is 0.200. The monoisotopic (exact) mass is 437 g/mol. The number of halogens is 2. The highest BCUT2D eigenvalue weighted by Gasteiger charge is 2.30. The zero-order valence-corrected chi connectivity index (χ0v) is 17.6. The van der Waals surface area contributed by atoms with Crippen LogP contribution >= 0.6 is 35.6 Å². The summed E-state index contributed by atoms with van der Waals surface area (Å²) in [6, 6.07) is 9.45. The largest absolute Gasteiger partial charge is 0.493 e. The van der Waals surface area contributed by atoms with Gasteiger partial charge in [0, 0.05) is 6.54 Å². The number of carbonyl (C=O) groups is 1. The number of carbonyl (C=O) groups excluding carboxylic acids is 1. The minimum absolute atomic E-state index is 0.121. The topological polar surface area (TPSA) is 38.8 Å². The van der Waals surface area contributed by atoms with E-state index < -0.39 is 0 Å². The first-order valence-electron chi connectivity index (χ1n) is 8.43. The highest BCUT2D eigenvalue weighted by molar-refractivity contribution is 8.26. The Bertz CT molecular complexity index is 947. The van der Waals surface area contributed by atoms with Gasteiger partial charge in [-0.05, 0) is 48.4 Å². The van der Waals surface area contributed by atoms with E-state index in [1.54, 1.807) is 35.2 Å². The molecule has 0 radical (unpaired) electrons. The zero-order chi connectivity index (χ0) is 20.3. The van der Waals surface area contributed by atoms with Gasteiger partial charge in [-0.25, -0.2) is 4.39 Å². The summed E-state index contributed by atoms with van der Waals surface area (Å²) in [6.07, 6.45) is 1.73. The van der Waals surface area contributed by atoms with Gasteiger partial charge in [-0.15, -0.1) is 0 Å². The first-order valence-corrected chi connectivity index (χ1v) is 10.0. The Morgan fingerprint density at radius 3 is 2.61 bits per heavy atom. The molecule has 0 spiro atoms. The summed E-state index contributed by atoms with van der Waals surface area (Å²) < 4.78 is 24.7. The molecule has 0 saturated carbocycles. The van der Waals surface area contributed by atoms with E-state index in [-0.39, 0.29) is 18.3 Å². The lowest BCUT2D eigenvalue weighted by Gasteiger charge is -2.13. The highest BCUT2D eigenvalue weighted by Crippen LogP contribution is 2.39. The first-order chi connectivity index (χ1) is 13.4. The number of nitrogens with zero attached hydrogens (tertiary/aromatic N) is 1. The second kappa shape index (κ2) is 8.94. The molecular formula is C20H17ClFNO3S2. The van der Waals surface area contributed by atoms with Gasteiger partial charge in [-0.2, -0.15) is 0 Å². The Kier molecular flexibility index (Phi) is 6.59. The fourth-order valence-corrected chi connectivity index (χ4v) is 4.28. The van der Waals surface area contributed by atoms with Gasteiger partial charge >= 0.3 is 0 Å². The van der Waals surface area contributed by atoms with E-state index in [4.69, 9.17) is 33.3 Å². The van der Waals surface area contributed by atoms with Crippen LogP contribution in [-0.2, 0) is 11.4 Å². The van der Waals surface area contributed by atoms with Gasteiger partial charge in [0.05, 0.1) is 17.0 Å². The van der Waals surface area contributed by atoms with Gasteiger partial charge in [0.1, 0.15) is 16.7 Å². The molecule has 2 aromatic carbocycles. The molecule has 1 amide bonds. The lowest BCUT2D eigenvalue weighted by Crippen LogP contribution is -2.27. The molecule has 0 aliphatic carbocycles. The summed E-state index contributed by atoms with van der Waals surface area (Å²) >= 11 is 12.9. The van der Waals surface area contributed by atoms with Crippen molar-refractivity contribution in [1.29, 1.82) is 0 Å². The summed E-state index contributed by atoms with van der Waals surface area (Å²) in [5, 5.41) is 0.346. The molecule has 146 valence electrons. The zero-order valence-electron chi connectivity index (χ0n) is 15.2. The molecule has 1 fully saturated rings. The van der Waals surface area contributed by atoms with Gasteiger partial charge in [-0.1, -0.05) is 47.7 Å². The Morgan fingerprint density at radius 2 is 2.00 bits per heavy atom. The molecule has 2 aromatic rings. The quantitative estimate of drug-likeness (QED) is 0.453. The van der Waals surface area contributed by atoms with Crippen LogP contribution in [0.3, 0.4) is 0 Å². The summed E-state index contributed by atoms with van der Waals surface area (Å²) in [4.78, 5) is 14.5. The molecule has 0 unspecified atom stereocenters. The molecule has 4 nitrogen and oxygen atoms in total. The third kappa shape index (κ3) is 4.48. The number of benzene rings is 2. The van der Waals surface area contributed by atoms with Crippen molar-refractivity contribution >= 4 is 51.9 Å². The van der Waals surface area contributed by atoms with Crippen LogP contribution in [0.25, 0.3) is 6.08 Å². The van der Waals surface area contributed by atoms with Gasteiger partial charge < -0.3 is 9.47 Å². The van der Waals surface area contributed by atoms with E-state index in [0.717, 1.165) is 5.56 Å². The number of hydrogen-bond acceptors (Lipinski definition) is 5. The molecule has 0 atom stereocenters. The SMILES string of the molecule is CCN1C(=O)/C(=C/c2cc(Cl)c(OCc3ccc(F)cc3)c(OC)c2)SC1=S. The van der Waals surface area contributed by atoms with Crippen LogP contribution in [0.15, 0.2) is 41.3 Å². The van der Waals surface area contributed by atoms with Gasteiger partial charge in [0.2, 0.25) is 0 Å². The predicted molar refractivity (Wildman–Crippen MR) is 114 cm³/mol. The Hall–Kier alpha value is -2.09. The highest BCUT2D eigenvalue weighted by atomic mass is 35.5. The summed E-state index contributed by atoms with van der Waals surface area (Å²) in [5.41, 5.74) is 1.50. The Morgan fingerprint density at radius 1 is 1.29 bits per heavy atom. The standard InChI is InChI=1S/C20H17ClFNO3S2/c1-3-23-19(24)17(28-20(23)27)10-13-8-15(21)18(16(9-13)25-2)26-11-12-4-6-14(22)7-5-12/h4-10H,3,11H2,1-2H3/b17-10-. The fourth-order valence-electron chi connectivity index (χ4n) is 2.62. The van der Waals surface area contributed by atoms with Crippen LogP contribution in [0.5, 0.6) is 11.5 Å². The van der Waals surface area contributed by atoms with Gasteiger partial charge in [0.15, 0.2) is 11.5 Å². The maximum absolute atomic E-state index is 13.0. The van der Waals surface area contributed by atoms with Crippen LogP contribution < -0.4 is 9.47 Å². The molecule has 1 aliphatic heterocycles. The van der Waals surface area contributed by atoms with Crippen molar-refractivity contribution < 1.29 is 18.7 Å². The maximum atomic E-state index is 13.0. The van der Waals surface area contributed by atoms with Crippen molar-refractivity contribution in [1.82, 2.24) is 4.90 Å². The molecule has 0 aromatic heterocycles. The van der Waals surface area contributed by atoms with Crippen LogP contribution in [0.1, 0.15) is 18.1 Å². The molecular weight excluding hydrogens is 421 g/mol. The number of methoxy groups -OCH3 is 1. The van der Waals surface area contributed by atoms with Crippen molar-refractivity contribution in [2.75, 3.05) is 13.7 Å². The summed E-state index contributed by atoms with van der Waals surface area (Å²) in [5.74, 6) is 0.389. The molecule has 3 rings (SSSR count). The Balaban J connectivity index is 1.83. The van der Waals surface area contributed by atoms with E-state index in [1.165, 1.54) is 31.0 Å². The minimum Gasteiger partial charge on any atom is -0.493 e. The lowest BCUT2D eigenvalue weighted by molar-refractivity contribution is -0.121. The number of amides is 1. The van der Waals surface area contributed by atoms with E-state index in [1.807, 2.05) is 6.92 Å². The lowest BCUT2D eigenvalue weighted by atomic mass is 10.1. The van der Waals surface area contributed by atoms with Gasteiger partial charge in [-0.3, -0.25) is 9.69 Å². The summed E-state index contributed by atoms with van der Waals surface area (Å²) in [6.45, 7) is 2.62. The molecule has 28 heavy (non-hydrogen) atoms. The average Bonchev–Trinajstić information content (AvgIpc) is 2.94. The van der Waals surface area contributed by atoms with E-state index in [0.29, 0.717) is 37.9 Å².